The van der Waals surface area contributed by atoms with E-state index in [4.69, 9.17) is 0 Å². The first kappa shape index (κ1) is 16.0. The Morgan fingerprint density at radius 2 is 1.52 bits per heavy atom. The number of rotatable bonds is 3. The van der Waals surface area contributed by atoms with Crippen LogP contribution in [0.4, 0.5) is 11.4 Å². The first-order valence-corrected chi connectivity index (χ1v) is 9.24. The van der Waals surface area contributed by atoms with E-state index in [1.165, 1.54) is 11.1 Å². The standard InChI is InChI=1S/C22H19NOS/c1-15-8-11-17(12-9-15)23-20-13-10-16(2)14-19(20)21(22(23)24)25-18-6-4-3-5-7-18/h3-14,21H,1-2H3. The molecule has 0 aliphatic carbocycles. The molecule has 1 atom stereocenters. The normalized spacial score (nSPS) is 16.2. The number of benzene rings is 3. The van der Waals surface area contributed by atoms with Crippen molar-refractivity contribution in [2.45, 2.75) is 24.0 Å². The summed E-state index contributed by atoms with van der Waals surface area (Å²) in [6, 6.07) is 24.6. The average molecular weight is 345 g/mol. The van der Waals surface area contributed by atoms with Crippen molar-refractivity contribution in [1.29, 1.82) is 0 Å². The first-order chi connectivity index (χ1) is 12.1. The molecular formula is C22H19NOS. The average Bonchev–Trinajstić information content (AvgIpc) is 2.88. The first-order valence-electron chi connectivity index (χ1n) is 8.36. The number of carbonyl (C=O) groups excluding carboxylic acids is 1. The lowest BCUT2D eigenvalue weighted by Crippen LogP contribution is -2.22. The number of nitrogens with zero attached hydrogens (tertiary/aromatic N) is 1. The lowest BCUT2D eigenvalue weighted by Gasteiger charge is -2.18. The molecule has 1 amide bonds. The summed E-state index contributed by atoms with van der Waals surface area (Å²) < 4.78 is 0. The molecule has 25 heavy (non-hydrogen) atoms. The summed E-state index contributed by atoms with van der Waals surface area (Å²) in [5.74, 6) is 0.123. The van der Waals surface area contributed by atoms with Gasteiger partial charge in [-0.15, -0.1) is 11.8 Å². The van der Waals surface area contributed by atoms with Crippen LogP contribution in [-0.2, 0) is 4.79 Å². The van der Waals surface area contributed by atoms with Crippen LogP contribution in [0.15, 0.2) is 77.7 Å². The molecule has 3 aromatic rings. The van der Waals surface area contributed by atoms with Gasteiger partial charge in [0.1, 0.15) is 5.25 Å². The SMILES string of the molecule is Cc1ccc(N2C(=O)C(Sc3ccccc3)c3cc(C)ccc32)cc1. The number of anilines is 2. The highest BCUT2D eigenvalue weighted by molar-refractivity contribution is 8.00. The zero-order valence-electron chi connectivity index (χ0n) is 14.3. The van der Waals surface area contributed by atoms with Crippen molar-refractivity contribution in [3.8, 4) is 0 Å². The second kappa shape index (κ2) is 6.41. The van der Waals surface area contributed by atoms with Crippen LogP contribution < -0.4 is 4.90 Å². The summed E-state index contributed by atoms with van der Waals surface area (Å²) in [6.45, 7) is 4.13. The minimum absolute atomic E-state index is 0.123. The van der Waals surface area contributed by atoms with Crippen molar-refractivity contribution >= 4 is 29.0 Å². The largest absolute Gasteiger partial charge is 0.279 e. The van der Waals surface area contributed by atoms with Gasteiger partial charge in [-0.25, -0.2) is 0 Å². The number of fused-ring (bicyclic) bond motifs is 1. The third-order valence-electron chi connectivity index (χ3n) is 4.44. The fourth-order valence-electron chi connectivity index (χ4n) is 3.17. The number of carbonyl (C=O) groups is 1. The van der Waals surface area contributed by atoms with Crippen molar-refractivity contribution in [2.24, 2.45) is 0 Å². The fraction of sp³-hybridized carbons (Fsp3) is 0.136. The molecule has 4 rings (SSSR count). The van der Waals surface area contributed by atoms with Gasteiger partial charge in [0.05, 0.1) is 5.69 Å². The molecule has 0 N–H and O–H groups in total. The Hall–Kier alpha value is -2.52. The van der Waals surface area contributed by atoms with Gasteiger partial charge < -0.3 is 0 Å². The van der Waals surface area contributed by atoms with Gasteiger partial charge in [0, 0.05) is 10.6 Å². The van der Waals surface area contributed by atoms with Crippen LogP contribution in [0.25, 0.3) is 0 Å². The van der Waals surface area contributed by atoms with Crippen LogP contribution in [0.1, 0.15) is 21.9 Å². The van der Waals surface area contributed by atoms with E-state index < -0.39 is 0 Å². The maximum absolute atomic E-state index is 13.3. The predicted octanol–water partition coefficient (Wildman–Crippen LogP) is 5.82. The lowest BCUT2D eigenvalue weighted by molar-refractivity contribution is -0.116. The monoisotopic (exact) mass is 345 g/mol. The molecular weight excluding hydrogens is 326 g/mol. The van der Waals surface area contributed by atoms with Crippen LogP contribution in [0.2, 0.25) is 0 Å². The van der Waals surface area contributed by atoms with E-state index in [0.29, 0.717) is 0 Å². The number of amides is 1. The van der Waals surface area contributed by atoms with Crippen molar-refractivity contribution in [1.82, 2.24) is 0 Å². The van der Waals surface area contributed by atoms with Gasteiger partial charge in [-0.2, -0.15) is 0 Å². The summed E-state index contributed by atoms with van der Waals surface area (Å²) in [5.41, 5.74) is 5.38. The van der Waals surface area contributed by atoms with Crippen LogP contribution in [0, 0.1) is 13.8 Å². The molecule has 0 bridgehead atoms. The molecule has 0 fully saturated rings. The zero-order chi connectivity index (χ0) is 17.4. The van der Waals surface area contributed by atoms with Crippen LogP contribution in [0.3, 0.4) is 0 Å². The maximum atomic E-state index is 13.3. The predicted molar refractivity (Wildman–Crippen MR) is 105 cm³/mol. The van der Waals surface area contributed by atoms with Crippen LogP contribution >= 0.6 is 11.8 Å². The quantitative estimate of drug-likeness (QED) is 0.596. The van der Waals surface area contributed by atoms with E-state index in [2.05, 4.69) is 44.2 Å². The summed E-state index contributed by atoms with van der Waals surface area (Å²) in [4.78, 5) is 16.2. The van der Waals surface area contributed by atoms with E-state index in [1.54, 1.807) is 11.8 Å². The summed E-state index contributed by atoms with van der Waals surface area (Å²) in [5, 5.41) is -0.210. The van der Waals surface area contributed by atoms with E-state index in [9.17, 15) is 4.79 Å². The molecule has 0 spiro atoms. The van der Waals surface area contributed by atoms with E-state index >= 15 is 0 Å². The van der Waals surface area contributed by atoms with Gasteiger partial charge >= 0.3 is 0 Å². The van der Waals surface area contributed by atoms with Crippen LogP contribution in [0.5, 0.6) is 0 Å². The molecule has 1 unspecified atom stereocenters. The number of thioether (sulfide) groups is 1. The molecule has 0 saturated carbocycles. The maximum Gasteiger partial charge on any atom is 0.249 e. The van der Waals surface area contributed by atoms with E-state index in [-0.39, 0.29) is 11.2 Å². The zero-order valence-corrected chi connectivity index (χ0v) is 15.1. The number of hydrogen-bond acceptors (Lipinski definition) is 2. The van der Waals surface area contributed by atoms with Gasteiger partial charge in [-0.3, -0.25) is 9.69 Å². The van der Waals surface area contributed by atoms with Gasteiger partial charge in [-0.05, 0) is 49.7 Å². The van der Waals surface area contributed by atoms with Gasteiger partial charge in [0.15, 0.2) is 0 Å². The lowest BCUT2D eigenvalue weighted by atomic mass is 10.1. The highest BCUT2D eigenvalue weighted by atomic mass is 32.2. The number of aryl methyl sites for hydroxylation is 2. The Kier molecular flexibility index (Phi) is 4.10. The Balaban J connectivity index is 1.78. The smallest absolute Gasteiger partial charge is 0.249 e. The summed E-state index contributed by atoms with van der Waals surface area (Å²) in [6.07, 6.45) is 0. The molecule has 0 aromatic heterocycles. The van der Waals surface area contributed by atoms with Crippen molar-refractivity contribution < 1.29 is 4.79 Å². The third-order valence-corrected chi connectivity index (χ3v) is 5.68. The van der Waals surface area contributed by atoms with Gasteiger partial charge in [0.2, 0.25) is 5.91 Å². The number of hydrogen-bond donors (Lipinski definition) is 0. The second-order valence-corrected chi connectivity index (χ2v) is 7.56. The van der Waals surface area contributed by atoms with E-state index in [1.807, 2.05) is 47.4 Å². The van der Waals surface area contributed by atoms with Crippen LogP contribution in [-0.4, -0.2) is 5.91 Å². The minimum atomic E-state index is -0.210. The summed E-state index contributed by atoms with van der Waals surface area (Å²) >= 11 is 1.62. The van der Waals surface area contributed by atoms with Crippen molar-refractivity contribution in [3.63, 3.8) is 0 Å². The summed E-state index contributed by atoms with van der Waals surface area (Å²) in [7, 11) is 0. The highest BCUT2D eigenvalue weighted by Crippen LogP contribution is 2.49. The Bertz CT molecular complexity index is 919. The molecule has 3 heteroatoms. The molecule has 124 valence electrons. The van der Waals surface area contributed by atoms with Crippen molar-refractivity contribution in [2.75, 3.05) is 4.90 Å². The minimum Gasteiger partial charge on any atom is -0.279 e. The molecule has 1 aliphatic heterocycles. The fourth-order valence-corrected chi connectivity index (χ4v) is 4.27. The Labute approximate surface area is 152 Å². The molecule has 2 nitrogen and oxygen atoms in total. The van der Waals surface area contributed by atoms with Gasteiger partial charge in [0.25, 0.3) is 0 Å². The molecule has 3 aromatic carbocycles. The molecule has 0 radical (unpaired) electrons. The van der Waals surface area contributed by atoms with E-state index in [0.717, 1.165) is 21.8 Å². The molecule has 0 saturated heterocycles. The second-order valence-electron chi connectivity index (χ2n) is 6.38. The topological polar surface area (TPSA) is 20.3 Å². The molecule has 1 heterocycles. The molecule has 1 aliphatic rings. The third kappa shape index (κ3) is 2.96. The van der Waals surface area contributed by atoms with Gasteiger partial charge in [-0.1, -0.05) is 53.6 Å². The highest BCUT2D eigenvalue weighted by Gasteiger charge is 2.38. The Morgan fingerprint density at radius 1 is 0.840 bits per heavy atom. The van der Waals surface area contributed by atoms with Crippen molar-refractivity contribution in [3.05, 3.63) is 89.5 Å². The Morgan fingerprint density at radius 3 is 2.24 bits per heavy atom.